The van der Waals surface area contributed by atoms with E-state index in [1.54, 1.807) is 11.1 Å². The lowest BCUT2D eigenvalue weighted by atomic mass is 10.2. The first-order valence-corrected chi connectivity index (χ1v) is 7.24. The maximum absolute atomic E-state index is 12.3. The van der Waals surface area contributed by atoms with Gasteiger partial charge in [0.1, 0.15) is 4.88 Å². The summed E-state index contributed by atoms with van der Waals surface area (Å²) in [6.45, 7) is 6.06. The molecule has 0 aliphatic rings. The van der Waals surface area contributed by atoms with Crippen LogP contribution in [0.3, 0.4) is 0 Å². The Bertz CT molecular complexity index is 443. The van der Waals surface area contributed by atoms with Gasteiger partial charge >= 0.3 is 5.97 Å². The molecule has 0 saturated carbocycles. The molecule has 1 rings (SSSR count). The lowest BCUT2D eigenvalue weighted by molar-refractivity contribution is -0.137. The standard InChI is InChI=1S/C13H20N2O3S/c1-4-5-11-14-8-10(19-11)13(18)15(9(2)3)7-6-12(16)17/h8-9H,4-7H2,1-3H3,(H,16,17). The Balaban J connectivity index is 2.77. The van der Waals surface area contributed by atoms with E-state index in [1.165, 1.54) is 11.3 Å². The number of aromatic nitrogens is 1. The first-order chi connectivity index (χ1) is 8.95. The molecule has 1 heterocycles. The van der Waals surface area contributed by atoms with Crippen LogP contribution in [0.2, 0.25) is 0 Å². The zero-order valence-corrected chi connectivity index (χ0v) is 12.4. The van der Waals surface area contributed by atoms with Gasteiger partial charge in [0.05, 0.1) is 17.6 Å². The minimum Gasteiger partial charge on any atom is -0.481 e. The quantitative estimate of drug-likeness (QED) is 0.834. The summed E-state index contributed by atoms with van der Waals surface area (Å²) in [5.41, 5.74) is 0. The number of carboxylic acids is 1. The highest BCUT2D eigenvalue weighted by molar-refractivity contribution is 7.13. The van der Waals surface area contributed by atoms with Crippen molar-refractivity contribution in [1.82, 2.24) is 9.88 Å². The number of rotatable bonds is 7. The largest absolute Gasteiger partial charge is 0.481 e. The third kappa shape index (κ3) is 4.63. The van der Waals surface area contributed by atoms with Crippen LogP contribution in [0.4, 0.5) is 0 Å². The predicted molar refractivity (Wildman–Crippen MR) is 74.5 cm³/mol. The number of hydrogen-bond acceptors (Lipinski definition) is 4. The van der Waals surface area contributed by atoms with Gasteiger partial charge in [-0.3, -0.25) is 9.59 Å². The van der Waals surface area contributed by atoms with E-state index in [0.29, 0.717) is 4.88 Å². The summed E-state index contributed by atoms with van der Waals surface area (Å²) in [4.78, 5) is 29.3. The molecule has 6 heteroatoms. The van der Waals surface area contributed by atoms with E-state index in [1.807, 2.05) is 13.8 Å². The van der Waals surface area contributed by atoms with Gasteiger partial charge in [0.25, 0.3) is 5.91 Å². The van der Waals surface area contributed by atoms with Crippen molar-refractivity contribution in [2.75, 3.05) is 6.54 Å². The first kappa shape index (κ1) is 15.6. The third-order valence-electron chi connectivity index (χ3n) is 2.68. The Morgan fingerprint density at radius 2 is 2.16 bits per heavy atom. The van der Waals surface area contributed by atoms with Crippen molar-refractivity contribution in [2.45, 2.75) is 46.1 Å². The molecule has 0 aliphatic carbocycles. The molecule has 0 radical (unpaired) electrons. The zero-order valence-electron chi connectivity index (χ0n) is 11.5. The van der Waals surface area contributed by atoms with Crippen LogP contribution in [-0.2, 0) is 11.2 Å². The highest BCUT2D eigenvalue weighted by Gasteiger charge is 2.21. The molecule has 0 aliphatic heterocycles. The van der Waals surface area contributed by atoms with Crippen molar-refractivity contribution < 1.29 is 14.7 Å². The van der Waals surface area contributed by atoms with Crippen LogP contribution in [0.5, 0.6) is 0 Å². The molecule has 1 N–H and O–H groups in total. The fraction of sp³-hybridized carbons (Fsp3) is 0.615. The van der Waals surface area contributed by atoms with Crippen LogP contribution in [0.1, 0.15) is 48.3 Å². The highest BCUT2D eigenvalue weighted by atomic mass is 32.1. The number of carboxylic acid groups (broad SMARTS) is 1. The number of carbonyl (C=O) groups is 2. The maximum Gasteiger partial charge on any atom is 0.305 e. The SMILES string of the molecule is CCCc1ncc(C(=O)N(CCC(=O)O)C(C)C)s1. The van der Waals surface area contributed by atoms with Crippen molar-refractivity contribution in [3.05, 3.63) is 16.1 Å². The predicted octanol–water partition coefficient (Wildman–Crippen LogP) is 2.42. The van der Waals surface area contributed by atoms with Gasteiger partial charge in [0, 0.05) is 12.6 Å². The number of carbonyl (C=O) groups excluding carboxylic acids is 1. The number of aliphatic carboxylic acids is 1. The molecular weight excluding hydrogens is 264 g/mol. The highest BCUT2D eigenvalue weighted by Crippen LogP contribution is 2.18. The van der Waals surface area contributed by atoms with Gasteiger partial charge in [0.2, 0.25) is 0 Å². The summed E-state index contributed by atoms with van der Waals surface area (Å²) in [7, 11) is 0. The van der Waals surface area contributed by atoms with Crippen LogP contribution in [0.15, 0.2) is 6.20 Å². The molecule has 0 unspecified atom stereocenters. The Hall–Kier alpha value is -1.43. The van der Waals surface area contributed by atoms with E-state index in [2.05, 4.69) is 11.9 Å². The molecule has 19 heavy (non-hydrogen) atoms. The average molecular weight is 284 g/mol. The summed E-state index contributed by atoms with van der Waals surface area (Å²) < 4.78 is 0. The van der Waals surface area contributed by atoms with E-state index < -0.39 is 5.97 Å². The van der Waals surface area contributed by atoms with Crippen LogP contribution >= 0.6 is 11.3 Å². The van der Waals surface area contributed by atoms with Crippen molar-refractivity contribution in [3.63, 3.8) is 0 Å². The van der Waals surface area contributed by atoms with Crippen LogP contribution in [0.25, 0.3) is 0 Å². The summed E-state index contributed by atoms with van der Waals surface area (Å²) in [5.74, 6) is -1.02. The van der Waals surface area contributed by atoms with Gasteiger partial charge < -0.3 is 10.0 Å². The summed E-state index contributed by atoms with van der Waals surface area (Å²) >= 11 is 1.40. The molecule has 5 nitrogen and oxygen atoms in total. The van der Waals surface area contributed by atoms with Gasteiger partial charge in [-0.05, 0) is 26.7 Å². The van der Waals surface area contributed by atoms with E-state index in [4.69, 9.17) is 5.11 Å². The number of amides is 1. The average Bonchev–Trinajstić information content (AvgIpc) is 2.77. The van der Waals surface area contributed by atoms with Gasteiger partial charge in [-0.1, -0.05) is 6.92 Å². The van der Waals surface area contributed by atoms with Crippen molar-refractivity contribution in [3.8, 4) is 0 Å². The molecule has 0 aromatic carbocycles. The second-order valence-electron chi connectivity index (χ2n) is 4.60. The topological polar surface area (TPSA) is 70.5 Å². The van der Waals surface area contributed by atoms with E-state index >= 15 is 0 Å². The second-order valence-corrected chi connectivity index (χ2v) is 5.72. The third-order valence-corrected chi connectivity index (χ3v) is 3.72. The molecule has 1 aromatic rings. The maximum atomic E-state index is 12.3. The number of hydrogen-bond donors (Lipinski definition) is 1. The summed E-state index contributed by atoms with van der Waals surface area (Å²) in [6, 6.07) is -0.0245. The second kappa shape index (κ2) is 7.23. The zero-order chi connectivity index (χ0) is 14.4. The Kier molecular flexibility index (Phi) is 5.95. The smallest absolute Gasteiger partial charge is 0.305 e. The first-order valence-electron chi connectivity index (χ1n) is 6.43. The molecule has 1 aromatic heterocycles. The van der Waals surface area contributed by atoms with Crippen LogP contribution in [-0.4, -0.2) is 39.5 Å². The van der Waals surface area contributed by atoms with Crippen molar-refractivity contribution in [2.24, 2.45) is 0 Å². The van der Waals surface area contributed by atoms with Crippen molar-refractivity contribution in [1.29, 1.82) is 0 Å². The fourth-order valence-corrected chi connectivity index (χ4v) is 2.67. The minimum absolute atomic E-state index is 0.0245. The normalized spacial score (nSPS) is 10.7. The van der Waals surface area contributed by atoms with E-state index in [0.717, 1.165) is 17.8 Å². The van der Waals surface area contributed by atoms with Gasteiger partial charge in [-0.15, -0.1) is 11.3 Å². The summed E-state index contributed by atoms with van der Waals surface area (Å²) in [5, 5.41) is 9.67. The molecule has 106 valence electrons. The number of aryl methyl sites for hydroxylation is 1. The van der Waals surface area contributed by atoms with E-state index in [-0.39, 0.29) is 24.9 Å². The molecule has 1 amide bonds. The van der Waals surface area contributed by atoms with Gasteiger partial charge in [-0.25, -0.2) is 4.98 Å². The van der Waals surface area contributed by atoms with Crippen LogP contribution < -0.4 is 0 Å². The Morgan fingerprint density at radius 3 is 2.68 bits per heavy atom. The minimum atomic E-state index is -0.894. The van der Waals surface area contributed by atoms with Crippen molar-refractivity contribution >= 4 is 23.2 Å². The van der Waals surface area contributed by atoms with Crippen LogP contribution in [0, 0.1) is 0 Å². The summed E-state index contributed by atoms with van der Waals surface area (Å²) in [6.07, 6.45) is 3.42. The lowest BCUT2D eigenvalue weighted by Gasteiger charge is -2.25. The Morgan fingerprint density at radius 1 is 1.47 bits per heavy atom. The molecule has 0 spiro atoms. The molecule has 0 bridgehead atoms. The molecule has 0 saturated heterocycles. The fourth-order valence-electron chi connectivity index (χ4n) is 1.69. The molecule has 0 fully saturated rings. The van der Waals surface area contributed by atoms with Gasteiger partial charge in [-0.2, -0.15) is 0 Å². The molecular formula is C13H20N2O3S. The monoisotopic (exact) mass is 284 g/mol. The number of nitrogens with zero attached hydrogens (tertiary/aromatic N) is 2. The van der Waals surface area contributed by atoms with Gasteiger partial charge in [0.15, 0.2) is 0 Å². The lowest BCUT2D eigenvalue weighted by Crippen LogP contribution is -2.38. The Labute approximate surface area is 117 Å². The number of thiazole rings is 1. The van der Waals surface area contributed by atoms with E-state index in [9.17, 15) is 9.59 Å². The molecule has 0 atom stereocenters.